The van der Waals surface area contributed by atoms with Crippen LogP contribution in [0.25, 0.3) is 0 Å². The summed E-state index contributed by atoms with van der Waals surface area (Å²) in [4.78, 5) is 24.1. The molecular formula is C17H28N4OS. The number of nitrogens with zero attached hydrogens (tertiary/aromatic N) is 4. The SMILES string of the molecule is CCC1CCCCN1C(=O)C(C)N1CCN(c2nccs2)CC1. The largest absolute Gasteiger partial charge is 0.346 e. The summed E-state index contributed by atoms with van der Waals surface area (Å²) in [7, 11) is 0. The van der Waals surface area contributed by atoms with Crippen LogP contribution in [0.1, 0.15) is 39.5 Å². The van der Waals surface area contributed by atoms with Crippen LogP contribution in [-0.4, -0.2) is 65.5 Å². The molecule has 0 spiro atoms. The third-order valence-electron chi connectivity index (χ3n) is 5.29. The lowest BCUT2D eigenvalue weighted by molar-refractivity contribution is -0.140. The van der Waals surface area contributed by atoms with Gasteiger partial charge < -0.3 is 9.80 Å². The van der Waals surface area contributed by atoms with E-state index in [0.717, 1.165) is 50.7 Å². The molecule has 0 N–H and O–H groups in total. The smallest absolute Gasteiger partial charge is 0.239 e. The van der Waals surface area contributed by atoms with Crippen molar-refractivity contribution in [3.05, 3.63) is 11.6 Å². The van der Waals surface area contributed by atoms with E-state index in [1.807, 2.05) is 11.6 Å². The zero-order valence-corrected chi connectivity index (χ0v) is 15.1. The Morgan fingerprint density at radius 3 is 2.74 bits per heavy atom. The van der Waals surface area contributed by atoms with Crippen molar-refractivity contribution in [2.75, 3.05) is 37.6 Å². The number of hydrogen-bond acceptors (Lipinski definition) is 5. The van der Waals surface area contributed by atoms with Gasteiger partial charge in [0.05, 0.1) is 6.04 Å². The van der Waals surface area contributed by atoms with Gasteiger partial charge in [0.15, 0.2) is 5.13 Å². The van der Waals surface area contributed by atoms with E-state index in [4.69, 9.17) is 0 Å². The van der Waals surface area contributed by atoms with Gasteiger partial charge in [-0.3, -0.25) is 9.69 Å². The lowest BCUT2D eigenvalue weighted by Gasteiger charge is -2.42. The summed E-state index contributed by atoms with van der Waals surface area (Å²) in [6.45, 7) is 9.04. The van der Waals surface area contributed by atoms with Crippen LogP contribution in [0.15, 0.2) is 11.6 Å². The predicted molar refractivity (Wildman–Crippen MR) is 95.0 cm³/mol. The average Bonchev–Trinajstić information content (AvgIpc) is 3.15. The summed E-state index contributed by atoms with van der Waals surface area (Å²) in [5.74, 6) is 0.333. The van der Waals surface area contributed by atoms with Crippen LogP contribution in [0.4, 0.5) is 5.13 Å². The summed E-state index contributed by atoms with van der Waals surface area (Å²) < 4.78 is 0. The Hall–Kier alpha value is -1.14. The van der Waals surface area contributed by atoms with Crippen molar-refractivity contribution < 1.29 is 4.79 Å². The molecule has 3 rings (SSSR count). The highest BCUT2D eigenvalue weighted by Crippen LogP contribution is 2.23. The van der Waals surface area contributed by atoms with E-state index in [9.17, 15) is 4.79 Å². The first kappa shape index (κ1) is 16.7. The second-order valence-electron chi connectivity index (χ2n) is 6.60. The van der Waals surface area contributed by atoms with E-state index in [1.54, 1.807) is 11.3 Å². The van der Waals surface area contributed by atoms with Gasteiger partial charge in [0.1, 0.15) is 0 Å². The number of anilines is 1. The van der Waals surface area contributed by atoms with E-state index < -0.39 is 0 Å². The average molecular weight is 337 g/mol. The lowest BCUT2D eigenvalue weighted by Crippen LogP contribution is -2.56. The topological polar surface area (TPSA) is 39.7 Å². The molecule has 2 atom stereocenters. The Bertz CT molecular complexity index is 499. The molecule has 23 heavy (non-hydrogen) atoms. The van der Waals surface area contributed by atoms with Gasteiger partial charge in [0.25, 0.3) is 0 Å². The van der Waals surface area contributed by atoms with Gasteiger partial charge >= 0.3 is 0 Å². The van der Waals surface area contributed by atoms with Crippen LogP contribution < -0.4 is 4.90 Å². The quantitative estimate of drug-likeness (QED) is 0.847. The fraction of sp³-hybridized carbons (Fsp3) is 0.765. The van der Waals surface area contributed by atoms with E-state index in [2.05, 4.69) is 33.5 Å². The van der Waals surface area contributed by atoms with E-state index >= 15 is 0 Å². The molecule has 128 valence electrons. The molecule has 2 fully saturated rings. The lowest BCUT2D eigenvalue weighted by atomic mass is 9.99. The molecule has 2 unspecified atom stereocenters. The number of thiazole rings is 1. The molecule has 2 saturated heterocycles. The van der Waals surface area contributed by atoms with Gasteiger partial charge in [-0.05, 0) is 32.6 Å². The van der Waals surface area contributed by atoms with Gasteiger partial charge in [-0.25, -0.2) is 4.98 Å². The number of carbonyl (C=O) groups excluding carboxylic acids is 1. The monoisotopic (exact) mass is 336 g/mol. The molecule has 1 aromatic rings. The third kappa shape index (κ3) is 3.69. The van der Waals surface area contributed by atoms with Crippen molar-refractivity contribution in [1.82, 2.24) is 14.8 Å². The Morgan fingerprint density at radius 1 is 1.30 bits per heavy atom. The normalized spacial score (nSPS) is 24.7. The van der Waals surface area contributed by atoms with Gasteiger partial charge in [-0.2, -0.15) is 0 Å². The van der Waals surface area contributed by atoms with E-state index in [1.165, 1.54) is 12.8 Å². The Balaban J connectivity index is 1.56. The molecule has 0 aromatic carbocycles. The van der Waals surface area contributed by atoms with Crippen molar-refractivity contribution in [2.45, 2.75) is 51.6 Å². The maximum Gasteiger partial charge on any atom is 0.239 e. The summed E-state index contributed by atoms with van der Waals surface area (Å²) in [5, 5.41) is 3.13. The van der Waals surface area contributed by atoms with Gasteiger partial charge in [0, 0.05) is 50.3 Å². The minimum Gasteiger partial charge on any atom is -0.346 e. The molecule has 2 aliphatic heterocycles. The third-order valence-corrected chi connectivity index (χ3v) is 6.12. The number of aromatic nitrogens is 1. The number of piperidine rings is 1. The zero-order chi connectivity index (χ0) is 16.2. The summed E-state index contributed by atoms with van der Waals surface area (Å²) in [6.07, 6.45) is 6.54. The van der Waals surface area contributed by atoms with Gasteiger partial charge in [0.2, 0.25) is 5.91 Å². The van der Waals surface area contributed by atoms with Crippen LogP contribution in [0.3, 0.4) is 0 Å². The number of amides is 1. The first-order valence-corrected chi connectivity index (χ1v) is 9.77. The summed E-state index contributed by atoms with van der Waals surface area (Å²) in [5.41, 5.74) is 0. The van der Waals surface area contributed by atoms with E-state index in [0.29, 0.717) is 11.9 Å². The summed E-state index contributed by atoms with van der Waals surface area (Å²) in [6, 6.07) is 0.455. The predicted octanol–water partition coefficient (Wildman–Crippen LogP) is 2.44. The molecule has 1 amide bonds. The highest BCUT2D eigenvalue weighted by atomic mass is 32.1. The molecule has 0 aliphatic carbocycles. The Morgan fingerprint density at radius 2 is 2.09 bits per heavy atom. The first-order chi connectivity index (χ1) is 11.2. The highest BCUT2D eigenvalue weighted by Gasteiger charge is 2.32. The van der Waals surface area contributed by atoms with Crippen LogP contribution in [-0.2, 0) is 4.79 Å². The zero-order valence-electron chi connectivity index (χ0n) is 14.3. The number of rotatable bonds is 4. The fourth-order valence-corrected chi connectivity index (χ4v) is 4.48. The molecule has 0 bridgehead atoms. The maximum absolute atomic E-state index is 12.9. The minimum absolute atomic E-state index is 0.000551. The van der Waals surface area contributed by atoms with Crippen molar-refractivity contribution in [2.24, 2.45) is 0 Å². The molecule has 1 aromatic heterocycles. The van der Waals surface area contributed by atoms with Crippen molar-refractivity contribution in [3.63, 3.8) is 0 Å². The minimum atomic E-state index is 0.000551. The Labute approximate surface area is 143 Å². The van der Waals surface area contributed by atoms with Crippen LogP contribution >= 0.6 is 11.3 Å². The van der Waals surface area contributed by atoms with Gasteiger partial charge in [-0.15, -0.1) is 11.3 Å². The maximum atomic E-state index is 12.9. The fourth-order valence-electron chi connectivity index (χ4n) is 3.78. The molecular weight excluding hydrogens is 308 g/mol. The number of likely N-dealkylation sites (tertiary alicyclic amines) is 1. The standard InChI is InChI=1S/C17H28N4OS/c1-3-15-6-4-5-8-21(15)16(22)14(2)19-9-11-20(12-10-19)17-18-7-13-23-17/h7,13-15H,3-6,8-12H2,1-2H3. The van der Waals surface area contributed by atoms with Crippen LogP contribution in [0.5, 0.6) is 0 Å². The number of carbonyl (C=O) groups is 1. The second kappa shape index (κ2) is 7.62. The molecule has 2 aliphatic rings. The highest BCUT2D eigenvalue weighted by molar-refractivity contribution is 7.13. The summed E-state index contributed by atoms with van der Waals surface area (Å²) >= 11 is 1.69. The van der Waals surface area contributed by atoms with E-state index in [-0.39, 0.29) is 6.04 Å². The molecule has 0 saturated carbocycles. The molecule has 6 heteroatoms. The Kier molecular flexibility index (Phi) is 5.54. The van der Waals surface area contributed by atoms with Crippen molar-refractivity contribution in [1.29, 1.82) is 0 Å². The molecule has 5 nitrogen and oxygen atoms in total. The van der Waals surface area contributed by atoms with Crippen molar-refractivity contribution in [3.8, 4) is 0 Å². The molecule has 0 radical (unpaired) electrons. The first-order valence-electron chi connectivity index (χ1n) is 8.89. The van der Waals surface area contributed by atoms with Crippen LogP contribution in [0.2, 0.25) is 0 Å². The number of hydrogen-bond donors (Lipinski definition) is 0. The van der Waals surface area contributed by atoms with Crippen molar-refractivity contribution >= 4 is 22.4 Å². The van der Waals surface area contributed by atoms with Crippen LogP contribution in [0, 0.1) is 0 Å². The van der Waals surface area contributed by atoms with Gasteiger partial charge in [-0.1, -0.05) is 6.92 Å². The molecule has 3 heterocycles. The second-order valence-corrected chi connectivity index (χ2v) is 7.48. The number of piperazine rings is 1.